The third-order valence-corrected chi connectivity index (χ3v) is 5.08. The third-order valence-electron chi connectivity index (χ3n) is 4.11. The maximum absolute atomic E-state index is 2.63. The van der Waals surface area contributed by atoms with Crippen LogP contribution in [0.25, 0.3) is 0 Å². The Balaban J connectivity index is 1.85. The lowest BCUT2D eigenvalue weighted by molar-refractivity contribution is 0.246. The maximum atomic E-state index is 2.63. The molecular weight excluding hydrogens is 266 g/mol. The average Bonchev–Trinajstić information content (AvgIpc) is 2.65. The van der Waals surface area contributed by atoms with Crippen molar-refractivity contribution in [1.82, 2.24) is 14.7 Å². The van der Waals surface area contributed by atoms with E-state index in [0.29, 0.717) is 0 Å². The molecule has 0 bridgehead atoms. The molecule has 114 valence electrons. The molecular formula is C16H29N3S. The van der Waals surface area contributed by atoms with E-state index in [-0.39, 0.29) is 0 Å². The van der Waals surface area contributed by atoms with E-state index in [9.17, 15) is 0 Å². The lowest BCUT2D eigenvalue weighted by Crippen LogP contribution is -2.29. The number of thiophene rings is 1. The Hall–Kier alpha value is -0.420. The van der Waals surface area contributed by atoms with Gasteiger partial charge in [0.2, 0.25) is 0 Å². The topological polar surface area (TPSA) is 9.72 Å². The first-order valence-corrected chi connectivity index (χ1v) is 8.52. The second kappa shape index (κ2) is 7.55. The van der Waals surface area contributed by atoms with Gasteiger partial charge in [-0.3, -0.25) is 4.90 Å². The van der Waals surface area contributed by atoms with Gasteiger partial charge in [-0.2, -0.15) is 0 Å². The van der Waals surface area contributed by atoms with Gasteiger partial charge in [0, 0.05) is 30.6 Å². The standard InChI is InChI=1S/C16H29N3S/c1-17(2)11-14-10-16(20-13-14)12-19-8-5-6-15(7-9-19)18(3)4/h10,13,15H,5-9,11-12H2,1-4H3. The maximum Gasteiger partial charge on any atom is 0.0328 e. The van der Waals surface area contributed by atoms with Gasteiger partial charge in [0.25, 0.3) is 0 Å². The normalized spacial score (nSPS) is 21.6. The summed E-state index contributed by atoms with van der Waals surface area (Å²) in [4.78, 5) is 8.78. The number of rotatable bonds is 5. The lowest BCUT2D eigenvalue weighted by atomic mass is 10.1. The number of hydrogen-bond donors (Lipinski definition) is 0. The van der Waals surface area contributed by atoms with Crippen LogP contribution in [0.15, 0.2) is 11.4 Å². The SMILES string of the molecule is CN(C)Cc1csc(CN2CCCC(N(C)C)CC2)c1. The highest BCUT2D eigenvalue weighted by molar-refractivity contribution is 7.10. The predicted octanol–water partition coefficient (Wildman–Crippen LogP) is 2.73. The third kappa shape index (κ3) is 4.85. The molecule has 1 aromatic rings. The zero-order chi connectivity index (χ0) is 14.5. The zero-order valence-electron chi connectivity index (χ0n) is 13.4. The predicted molar refractivity (Wildman–Crippen MR) is 88.3 cm³/mol. The van der Waals surface area contributed by atoms with Crippen molar-refractivity contribution in [2.75, 3.05) is 41.3 Å². The summed E-state index contributed by atoms with van der Waals surface area (Å²) < 4.78 is 0. The van der Waals surface area contributed by atoms with Gasteiger partial charge < -0.3 is 9.80 Å². The van der Waals surface area contributed by atoms with E-state index in [2.05, 4.69) is 54.3 Å². The minimum absolute atomic E-state index is 0.771. The molecule has 1 fully saturated rings. The van der Waals surface area contributed by atoms with Crippen LogP contribution in [0.2, 0.25) is 0 Å². The van der Waals surface area contributed by atoms with Crippen molar-refractivity contribution < 1.29 is 0 Å². The Labute approximate surface area is 128 Å². The van der Waals surface area contributed by atoms with Crippen LogP contribution in [0.4, 0.5) is 0 Å². The first kappa shape index (κ1) is 16.0. The molecule has 0 amide bonds. The molecule has 20 heavy (non-hydrogen) atoms. The summed E-state index contributed by atoms with van der Waals surface area (Å²) in [5.41, 5.74) is 1.45. The molecule has 2 rings (SSSR count). The number of nitrogens with zero attached hydrogens (tertiary/aromatic N) is 3. The highest BCUT2D eigenvalue weighted by Gasteiger charge is 2.18. The van der Waals surface area contributed by atoms with Crippen molar-refractivity contribution in [3.8, 4) is 0 Å². The van der Waals surface area contributed by atoms with Crippen LogP contribution >= 0.6 is 11.3 Å². The molecule has 1 saturated heterocycles. The Morgan fingerprint density at radius 2 is 2.00 bits per heavy atom. The highest BCUT2D eigenvalue weighted by Crippen LogP contribution is 2.21. The Kier molecular flexibility index (Phi) is 6.02. The van der Waals surface area contributed by atoms with Crippen molar-refractivity contribution in [2.45, 2.75) is 38.4 Å². The summed E-state index contributed by atoms with van der Waals surface area (Å²) in [6.45, 7) is 4.69. The van der Waals surface area contributed by atoms with E-state index in [1.54, 1.807) is 0 Å². The van der Waals surface area contributed by atoms with Crippen LogP contribution in [0.1, 0.15) is 29.7 Å². The van der Waals surface area contributed by atoms with Gasteiger partial charge in [-0.25, -0.2) is 0 Å². The Morgan fingerprint density at radius 1 is 1.20 bits per heavy atom. The van der Waals surface area contributed by atoms with Crippen molar-refractivity contribution >= 4 is 11.3 Å². The summed E-state index contributed by atoms with van der Waals surface area (Å²) in [5.74, 6) is 0. The smallest absolute Gasteiger partial charge is 0.0328 e. The van der Waals surface area contributed by atoms with E-state index in [4.69, 9.17) is 0 Å². The van der Waals surface area contributed by atoms with Gasteiger partial charge >= 0.3 is 0 Å². The van der Waals surface area contributed by atoms with Gasteiger partial charge in [-0.05, 0) is 71.0 Å². The van der Waals surface area contributed by atoms with Gasteiger partial charge in [0.15, 0.2) is 0 Å². The molecule has 0 radical (unpaired) electrons. The Bertz CT molecular complexity index is 400. The van der Waals surface area contributed by atoms with Crippen LogP contribution in [0, 0.1) is 0 Å². The van der Waals surface area contributed by atoms with Crippen molar-refractivity contribution in [3.63, 3.8) is 0 Å². The molecule has 2 heterocycles. The summed E-state index contributed by atoms with van der Waals surface area (Å²) in [5, 5.41) is 2.32. The first-order valence-electron chi connectivity index (χ1n) is 7.64. The van der Waals surface area contributed by atoms with E-state index < -0.39 is 0 Å². The fourth-order valence-corrected chi connectivity index (χ4v) is 3.91. The fraction of sp³-hybridized carbons (Fsp3) is 0.750. The number of hydrogen-bond acceptors (Lipinski definition) is 4. The molecule has 4 heteroatoms. The number of likely N-dealkylation sites (tertiary alicyclic amines) is 1. The molecule has 1 aliphatic heterocycles. The van der Waals surface area contributed by atoms with Gasteiger partial charge in [0.1, 0.15) is 0 Å². The van der Waals surface area contributed by atoms with Crippen molar-refractivity contribution in [2.24, 2.45) is 0 Å². The molecule has 1 aliphatic rings. The van der Waals surface area contributed by atoms with Gasteiger partial charge in [-0.1, -0.05) is 0 Å². The monoisotopic (exact) mass is 295 g/mol. The van der Waals surface area contributed by atoms with E-state index in [0.717, 1.165) is 19.1 Å². The first-order chi connectivity index (χ1) is 9.54. The summed E-state index contributed by atoms with van der Waals surface area (Å²) >= 11 is 1.92. The molecule has 0 saturated carbocycles. The lowest BCUT2D eigenvalue weighted by Gasteiger charge is -2.23. The van der Waals surface area contributed by atoms with Crippen LogP contribution in [-0.4, -0.2) is 62.0 Å². The van der Waals surface area contributed by atoms with Crippen molar-refractivity contribution in [1.29, 1.82) is 0 Å². The van der Waals surface area contributed by atoms with Gasteiger partial charge in [-0.15, -0.1) is 11.3 Å². The summed E-state index contributed by atoms with van der Waals surface area (Å²) in [6, 6.07) is 3.16. The minimum Gasteiger partial charge on any atom is -0.306 e. The molecule has 0 aliphatic carbocycles. The van der Waals surface area contributed by atoms with Crippen LogP contribution in [-0.2, 0) is 13.1 Å². The molecule has 3 nitrogen and oxygen atoms in total. The quantitative estimate of drug-likeness (QED) is 0.827. The van der Waals surface area contributed by atoms with Crippen LogP contribution < -0.4 is 0 Å². The van der Waals surface area contributed by atoms with Crippen molar-refractivity contribution in [3.05, 3.63) is 21.9 Å². The molecule has 1 unspecified atom stereocenters. The molecule has 0 spiro atoms. The Morgan fingerprint density at radius 3 is 2.70 bits per heavy atom. The average molecular weight is 295 g/mol. The second-order valence-electron chi connectivity index (χ2n) is 6.48. The highest BCUT2D eigenvalue weighted by atomic mass is 32.1. The van der Waals surface area contributed by atoms with Crippen LogP contribution in [0.3, 0.4) is 0 Å². The zero-order valence-corrected chi connectivity index (χ0v) is 14.2. The molecule has 0 aromatic carbocycles. The largest absolute Gasteiger partial charge is 0.306 e. The van der Waals surface area contributed by atoms with E-state index in [1.165, 1.54) is 42.8 Å². The van der Waals surface area contributed by atoms with E-state index in [1.807, 2.05) is 11.3 Å². The molecule has 1 aromatic heterocycles. The van der Waals surface area contributed by atoms with Gasteiger partial charge in [0.05, 0.1) is 0 Å². The van der Waals surface area contributed by atoms with Crippen LogP contribution in [0.5, 0.6) is 0 Å². The second-order valence-corrected chi connectivity index (χ2v) is 7.48. The fourth-order valence-electron chi connectivity index (χ4n) is 2.99. The van der Waals surface area contributed by atoms with E-state index >= 15 is 0 Å². The summed E-state index contributed by atoms with van der Waals surface area (Å²) in [7, 11) is 8.70. The minimum atomic E-state index is 0.771. The summed E-state index contributed by atoms with van der Waals surface area (Å²) in [6.07, 6.45) is 3.99. The molecule has 1 atom stereocenters. The molecule has 0 N–H and O–H groups in total.